The van der Waals surface area contributed by atoms with Crippen LogP contribution in [0.5, 0.6) is 17.2 Å². The summed E-state index contributed by atoms with van der Waals surface area (Å²) in [5.41, 5.74) is 4.07. The van der Waals surface area contributed by atoms with E-state index >= 15 is 0 Å². The van der Waals surface area contributed by atoms with Crippen LogP contribution in [0, 0.1) is 0 Å². The molecule has 0 spiro atoms. The van der Waals surface area contributed by atoms with E-state index < -0.39 is 17.4 Å². The molecule has 0 saturated heterocycles. The van der Waals surface area contributed by atoms with E-state index in [1.54, 1.807) is 0 Å². The number of hydrogen-bond acceptors (Lipinski definition) is 7. The topological polar surface area (TPSA) is 132 Å². The third kappa shape index (κ3) is 4.05. The van der Waals surface area contributed by atoms with Crippen LogP contribution in [0.25, 0.3) is 0 Å². The predicted molar refractivity (Wildman–Crippen MR) is 85.9 cm³/mol. The van der Waals surface area contributed by atoms with Gasteiger partial charge in [0.05, 0.1) is 21.3 Å². The number of H-pyrrole nitrogens is 1. The summed E-state index contributed by atoms with van der Waals surface area (Å²) in [6.45, 7) is 0. The molecule has 1 aromatic carbocycles. The third-order valence-electron chi connectivity index (χ3n) is 3.13. The highest BCUT2D eigenvalue weighted by atomic mass is 16.5. The third-order valence-corrected chi connectivity index (χ3v) is 3.13. The highest BCUT2D eigenvalue weighted by molar-refractivity contribution is 5.99. The van der Waals surface area contributed by atoms with Crippen LogP contribution in [0.4, 0.5) is 0 Å². The van der Waals surface area contributed by atoms with Crippen LogP contribution in [0.3, 0.4) is 0 Å². The minimum atomic E-state index is -0.697. The molecule has 2 aromatic rings. The molecule has 0 aliphatic rings. The second-order valence-electron chi connectivity index (χ2n) is 4.63. The molecule has 0 saturated carbocycles. The van der Waals surface area contributed by atoms with Gasteiger partial charge in [-0.25, -0.2) is 5.10 Å². The summed E-state index contributed by atoms with van der Waals surface area (Å²) >= 11 is 0. The summed E-state index contributed by atoms with van der Waals surface area (Å²) in [5.74, 6) is -0.390. The Morgan fingerprint density at radius 2 is 1.56 bits per heavy atom. The van der Waals surface area contributed by atoms with Crippen molar-refractivity contribution in [2.45, 2.75) is 0 Å². The lowest BCUT2D eigenvalue weighted by Gasteiger charge is -2.14. The van der Waals surface area contributed by atoms with Crippen molar-refractivity contribution in [3.8, 4) is 17.2 Å². The Labute approximate surface area is 142 Å². The minimum Gasteiger partial charge on any atom is -0.493 e. The molecule has 0 aliphatic heterocycles. The van der Waals surface area contributed by atoms with E-state index in [4.69, 9.17) is 14.2 Å². The van der Waals surface area contributed by atoms with Gasteiger partial charge >= 0.3 is 0 Å². The maximum Gasteiger partial charge on any atom is 0.290 e. The smallest absolute Gasteiger partial charge is 0.290 e. The van der Waals surface area contributed by atoms with E-state index in [1.165, 1.54) is 39.5 Å². The van der Waals surface area contributed by atoms with Crippen molar-refractivity contribution in [3.05, 3.63) is 45.9 Å². The first-order chi connectivity index (χ1) is 12.0. The lowest BCUT2D eigenvalue weighted by Crippen LogP contribution is -2.42. The van der Waals surface area contributed by atoms with Crippen LogP contribution in [-0.2, 0) is 0 Å². The molecule has 25 heavy (non-hydrogen) atoms. The molecule has 0 atom stereocenters. The van der Waals surface area contributed by atoms with E-state index in [0.29, 0.717) is 17.2 Å². The van der Waals surface area contributed by atoms with Crippen LogP contribution < -0.4 is 30.6 Å². The molecule has 10 nitrogen and oxygen atoms in total. The Morgan fingerprint density at radius 1 is 0.960 bits per heavy atom. The van der Waals surface area contributed by atoms with Gasteiger partial charge in [-0.05, 0) is 18.2 Å². The van der Waals surface area contributed by atoms with Gasteiger partial charge in [0, 0.05) is 11.6 Å². The number of nitrogens with one attached hydrogen (secondary N) is 3. The predicted octanol–water partition coefficient (Wildman–Crippen LogP) is -0.129. The molecular formula is C15H16N4O6. The largest absolute Gasteiger partial charge is 0.493 e. The van der Waals surface area contributed by atoms with Gasteiger partial charge in [0.25, 0.3) is 17.4 Å². The Hall–Kier alpha value is -3.56. The van der Waals surface area contributed by atoms with Gasteiger partial charge in [0.15, 0.2) is 17.2 Å². The standard InChI is InChI=1S/C15H16N4O6/c1-23-10-6-8(7-11(24-2)13(10)25-3)14(21)18-19-15(22)9-4-5-12(20)17-16-9/h4-7H,1-3H3,(H,17,20)(H,18,21)(H,19,22). The quantitative estimate of drug-likeness (QED) is 0.641. The fraction of sp³-hybridized carbons (Fsp3) is 0.200. The van der Waals surface area contributed by atoms with Gasteiger partial charge in [-0.1, -0.05) is 0 Å². The fourth-order valence-electron chi connectivity index (χ4n) is 1.93. The number of hydrogen-bond donors (Lipinski definition) is 3. The van der Waals surface area contributed by atoms with E-state index in [1.807, 2.05) is 0 Å². The molecular weight excluding hydrogens is 332 g/mol. The van der Waals surface area contributed by atoms with Gasteiger partial charge in [0.2, 0.25) is 5.75 Å². The number of benzene rings is 1. The van der Waals surface area contributed by atoms with Crippen molar-refractivity contribution in [1.29, 1.82) is 0 Å². The number of methoxy groups -OCH3 is 3. The summed E-state index contributed by atoms with van der Waals surface area (Å²) in [6.07, 6.45) is 0. The Bertz CT molecular complexity index is 803. The monoisotopic (exact) mass is 348 g/mol. The van der Waals surface area contributed by atoms with Crippen LogP contribution >= 0.6 is 0 Å². The van der Waals surface area contributed by atoms with Gasteiger partial charge in [-0.3, -0.25) is 25.2 Å². The molecule has 0 aliphatic carbocycles. The summed E-state index contributed by atoms with van der Waals surface area (Å²) in [5, 5.41) is 5.67. The molecule has 10 heteroatoms. The second kappa shape index (κ2) is 7.81. The SMILES string of the molecule is COc1cc(C(=O)NNC(=O)c2ccc(=O)[nH]n2)cc(OC)c1OC. The first kappa shape index (κ1) is 17.8. The Morgan fingerprint density at radius 3 is 2.04 bits per heavy atom. The van der Waals surface area contributed by atoms with Crippen molar-refractivity contribution in [2.75, 3.05) is 21.3 Å². The van der Waals surface area contributed by atoms with E-state index in [-0.39, 0.29) is 11.3 Å². The molecule has 1 aromatic heterocycles. The maximum atomic E-state index is 12.2. The van der Waals surface area contributed by atoms with Crippen LogP contribution in [0.2, 0.25) is 0 Å². The number of ether oxygens (including phenoxy) is 3. The number of carbonyl (C=O) groups excluding carboxylic acids is 2. The second-order valence-corrected chi connectivity index (χ2v) is 4.63. The zero-order valence-electron chi connectivity index (χ0n) is 13.7. The highest BCUT2D eigenvalue weighted by Gasteiger charge is 2.17. The van der Waals surface area contributed by atoms with Crippen molar-refractivity contribution in [2.24, 2.45) is 0 Å². The Kier molecular flexibility index (Phi) is 5.56. The number of carbonyl (C=O) groups is 2. The number of amides is 2. The summed E-state index contributed by atoms with van der Waals surface area (Å²) in [4.78, 5) is 35.0. The number of hydrazine groups is 1. The molecule has 2 amide bonds. The van der Waals surface area contributed by atoms with E-state index in [9.17, 15) is 14.4 Å². The van der Waals surface area contributed by atoms with Crippen molar-refractivity contribution in [3.63, 3.8) is 0 Å². The molecule has 0 radical (unpaired) electrons. The van der Waals surface area contributed by atoms with Gasteiger partial charge < -0.3 is 14.2 Å². The molecule has 0 unspecified atom stereocenters. The number of nitrogens with zero attached hydrogens (tertiary/aromatic N) is 1. The molecule has 2 rings (SSSR count). The molecule has 132 valence electrons. The average Bonchev–Trinajstić information content (AvgIpc) is 2.64. The van der Waals surface area contributed by atoms with Gasteiger partial charge in [-0.2, -0.15) is 5.10 Å². The normalized spacial score (nSPS) is 9.88. The molecule has 0 fully saturated rings. The zero-order chi connectivity index (χ0) is 18.4. The summed E-state index contributed by atoms with van der Waals surface area (Å²) < 4.78 is 15.5. The summed E-state index contributed by atoms with van der Waals surface area (Å²) in [7, 11) is 4.28. The number of aromatic amines is 1. The molecule has 3 N–H and O–H groups in total. The lowest BCUT2D eigenvalue weighted by atomic mass is 10.1. The molecule has 0 bridgehead atoms. The number of aromatic nitrogens is 2. The molecule has 1 heterocycles. The van der Waals surface area contributed by atoms with Crippen molar-refractivity contribution < 1.29 is 23.8 Å². The first-order valence-corrected chi connectivity index (χ1v) is 6.96. The highest BCUT2D eigenvalue weighted by Crippen LogP contribution is 2.38. The van der Waals surface area contributed by atoms with E-state index in [2.05, 4.69) is 21.0 Å². The lowest BCUT2D eigenvalue weighted by molar-refractivity contribution is 0.0843. The van der Waals surface area contributed by atoms with Gasteiger partial charge in [0.1, 0.15) is 0 Å². The van der Waals surface area contributed by atoms with Crippen molar-refractivity contribution in [1.82, 2.24) is 21.0 Å². The summed E-state index contributed by atoms with van der Waals surface area (Å²) in [6, 6.07) is 5.23. The first-order valence-electron chi connectivity index (χ1n) is 6.96. The van der Waals surface area contributed by atoms with Gasteiger partial charge in [-0.15, -0.1) is 0 Å². The fourth-order valence-corrected chi connectivity index (χ4v) is 1.93. The minimum absolute atomic E-state index is 0.0650. The zero-order valence-corrected chi connectivity index (χ0v) is 13.7. The van der Waals surface area contributed by atoms with Crippen LogP contribution in [0.15, 0.2) is 29.1 Å². The van der Waals surface area contributed by atoms with Crippen LogP contribution in [-0.4, -0.2) is 43.3 Å². The number of rotatable bonds is 5. The van der Waals surface area contributed by atoms with Crippen LogP contribution in [0.1, 0.15) is 20.8 Å². The van der Waals surface area contributed by atoms with E-state index in [0.717, 1.165) is 6.07 Å². The van der Waals surface area contributed by atoms with Crippen molar-refractivity contribution >= 4 is 11.8 Å². The maximum absolute atomic E-state index is 12.2. The Balaban J connectivity index is 2.14. The average molecular weight is 348 g/mol.